The van der Waals surface area contributed by atoms with Gasteiger partial charge in [0.25, 0.3) is 10.0 Å². The highest BCUT2D eigenvalue weighted by molar-refractivity contribution is 14.1. The van der Waals surface area contributed by atoms with E-state index >= 15 is 0 Å². The van der Waals surface area contributed by atoms with Crippen molar-refractivity contribution >= 4 is 38.3 Å². The summed E-state index contributed by atoms with van der Waals surface area (Å²) < 4.78 is 34.4. The number of hydrogen-bond donors (Lipinski definition) is 0. The minimum absolute atomic E-state index is 0.191. The van der Waals surface area contributed by atoms with E-state index in [2.05, 4.69) is 27.0 Å². The normalized spacial score (nSPS) is 12.2. The van der Waals surface area contributed by atoms with Gasteiger partial charge >= 0.3 is 0 Å². The lowest BCUT2D eigenvalue weighted by Gasteiger charge is -2.04. The van der Waals surface area contributed by atoms with Crippen molar-refractivity contribution in [1.82, 2.24) is 0 Å². The van der Waals surface area contributed by atoms with Crippen LogP contribution in [0.1, 0.15) is 12.5 Å². The zero-order chi connectivity index (χ0) is 15.5. The molecule has 0 atom stereocenters. The molecule has 0 fully saturated rings. The summed E-state index contributed by atoms with van der Waals surface area (Å²) in [4.78, 5) is 0.191. The van der Waals surface area contributed by atoms with Gasteiger partial charge in [-0.05, 0) is 83.6 Å². The van der Waals surface area contributed by atoms with Crippen LogP contribution in [0.2, 0.25) is 0 Å². The molecule has 0 amide bonds. The van der Waals surface area contributed by atoms with E-state index in [0.29, 0.717) is 11.5 Å². The Kier molecular flexibility index (Phi) is 5.00. The third kappa shape index (κ3) is 4.04. The topological polar surface area (TPSA) is 55.7 Å². The van der Waals surface area contributed by atoms with Gasteiger partial charge in [0.2, 0.25) is 0 Å². The van der Waals surface area contributed by atoms with Gasteiger partial charge in [0.15, 0.2) is 0 Å². The molecule has 0 aliphatic rings. The maximum atomic E-state index is 12.2. The minimum atomic E-state index is -3.69. The second-order valence-electron chi connectivity index (χ2n) is 4.33. The molecule has 110 valence electrons. The summed E-state index contributed by atoms with van der Waals surface area (Å²) in [5, 5.41) is 0. The molecule has 0 aliphatic heterocycles. The first-order chi connectivity index (χ1) is 9.92. The van der Waals surface area contributed by atoms with E-state index in [9.17, 15) is 8.42 Å². The highest BCUT2D eigenvalue weighted by Crippen LogP contribution is 2.17. The monoisotopic (exact) mass is 415 g/mol. The Balaban J connectivity index is 2.33. The van der Waals surface area contributed by atoms with Crippen LogP contribution in [0.3, 0.4) is 0 Å². The van der Waals surface area contributed by atoms with Crippen LogP contribution in [-0.4, -0.2) is 21.2 Å². The predicted molar refractivity (Wildman–Crippen MR) is 91.5 cm³/mol. The predicted octanol–water partition coefficient (Wildman–Crippen LogP) is 3.50. The molecular formula is C15H14INO3S. The number of methoxy groups -OCH3 is 1. The van der Waals surface area contributed by atoms with Gasteiger partial charge < -0.3 is 4.74 Å². The van der Waals surface area contributed by atoms with E-state index in [1.54, 1.807) is 62.6 Å². The van der Waals surface area contributed by atoms with E-state index in [1.165, 1.54) is 0 Å². The van der Waals surface area contributed by atoms with Crippen molar-refractivity contribution in [2.24, 2.45) is 4.40 Å². The van der Waals surface area contributed by atoms with Gasteiger partial charge in [-0.2, -0.15) is 12.8 Å². The van der Waals surface area contributed by atoms with Crippen LogP contribution in [0, 0.1) is 3.57 Å². The molecule has 0 aromatic heterocycles. The fourth-order valence-electron chi connectivity index (χ4n) is 1.72. The summed E-state index contributed by atoms with van der Waals surface area (Å²) in [7, 11) is -2.11. The van der Waals surface area contributed by atoms with Crippen LogP contribution in [-0.2, 0) is 10.0 Å². The number of sulfonamides is 1. The van der Waals surface area contributed by atoms with Crippen molar-refractivity contribution in [3.05, 3.63) is 57.7 Å². The van der Waals surface area contributed by atoms with Gasteiger partial charge in [-0.25, -0.2) is 0 Å². The van der Waals surface area contributed by atoms with Crippen LogP contribution < -0.4 is 4.74 Å². The lowest BCUT2D eigenvalue weighted by atomic mass is 10.1. The van der Waals surface area contributed by atoms with Gasteiger partial charge in [-0.15, -0.1) is 0 Å². The Morgan fingerprint density at radius 3 is 2.14 bits per heavy atom. The molecule has 21 heavy (non-hydrogen) atoms. The quantitative estimate of drug-likeness (QED) is 0.568. The van der Waals surface area contributed by atoms with E-state index in [-0.39, 0.29) is 4.90 Å². The molecule has 0 unspecified atom stereocenters. The van der Waals surface area contributed by atoms with E-state index in [0.717, 1.165) is 9.13 Å². The minimum Gasteiger partial charge on any atom is -0.497 e. The Hall–Kier alpha value is -1.41. The largest absolute Gasteiger partial charge is 0.497 e. The highest BCUT2D eigenvalue weighted by atomic mass is 127. The summed E-state index contributed by atoms with van der Waals surface area (Å²) in [5.41, 5.74) is 1.18. The van der Waals surface area contributed by atoms with Gasteiger partial charge in [-0.3, -0.25) is 0 Å². The van der Waals surface area contributed by atoms with Crippen LogP contribution in [0.5, 0.6) is 5.75 Å². The summed E-state index contributed by atoms with van der Waals surface area (Å²) in [6, 6.07) is 13.7. The summed E-state index contributed by atoms with van der Waals surface area (Å²) in [5.74, 6) is 0.715. The van der Waals surface area contributed by atoms with Gasteiger partial charge in [0.1, 0.15) is 5.75 Å². The Bertz CT molecular complexity index is 751. The van der Waals surface area contributed by atoms with Crippen molar-refractivity contribution in [1.29, 1.82) is 0 Å². The first-order valence-corrected chi connectivity index (χ1v) is 8.66. The lowest BCUT2D eigenvalue weighted by molar-refractivity contribution is 0.415. The third-order valence-electron chi connectivity index (χ3n) is 2.88. The van der Waals surface area contributed by atoms with Crippen molar-refractivity contribution in [2.75, 3.05) is 7.11 Å². The lowest BCUT2D eigenvalue weighted by Crippen LogP contribution is -2.03. The number of ether oxygens (including phenoxy) is 1. The maximum Gasteiger partial charge on any atom is 0.282 e. The molecule has 0 saturated carbocycles. The van der Waals surface area contributed by atoms with Crippen LogP contribution in [0.4, 0.5) is 0 Å². The Morgan fingerprint density at radius 2 is 1.62 bits per heavy atom. The molecule has 2 aromatic carbocycles. The maximum absolute atomic E-state index is 12.2. The number of hydrogen-bond acceptors (Lipinski definition) is 3. The molecule has 0 saturated heterocycles. The zero-order valence-electron chi connectivity index (χ0n) is 11.6. The molecule has 0 N–H and O–H groups in total. The first-order valence-electron chi connectivity index (χ1n) is 6.14. The van der Waals surface area contributed by atoms with Crippen LogP contribution >= 0.6 is 22.6 Å². The van der Waals surface area contributed by atoms with Crippen molar-refractivity contribution in [3.63, 3.8) is 0 Å². The second-order valence-corrected chi connectivity index (χ2v) is 7.18. The van der Waals surface area contributed by atoms with Gasteiger partial charge in [0.05, 0.1) is 17.7 Å². The molecule has 0 radical (unpaired) electrons. The summed E-state index contributed by atoms with van der Waals surface area (Å²) in [6.07, 6.45) is 0. The first kappa shape index (κ1) is 16.0. The molecule has 2 aromatic rings. The molecule has 0 bridgehead atoms. The molecule has 2 rings (SSSR count). The molecule has 0 aliphatic carbocycles. The van der Waals surface area contributed by atoms with Crippen LogP contribution in [0.15, 0.2) is 57.8 Å². The van der Waals surface area contributed by atoms with E-state index in [4.69, 9.17) is 4.74 Å². The SMILES string of the molecule is COc1ccc(C(C)=NS(=O)(=O)c2ccc(I)cc2)cc1. The van der Waals surface area contributed by atoms with Crippen molar-refractivity contribution in [2.45, 2.75) is 11.8 Å². The molecule has 6 heteroatoms. The average molecular weight is 415 g/mol. The summed E-state index contributed by atoms with van der Waals surface area (Å²) >= 11 is 2.12. The van der Waals surface area contributed by atoms with Crippen molar-refractivity contribution in [3.8, 4) is 5.75 Å². The fourth-order valence-corrected chi connectivity index (χ4v) is 3.14. The van der Waals surface area contributed by atoms with Crippen LogP contribution in [0.25, 0.3) is 0 Å². The number of nitrogens with zero attached hydrogens (tertiary/aromatic N) is 1. The third-order valence-corrected chi connectivity index (χ3v) is 4.98. The molecule has 0 spiro atoms. The highest BCUT2D eigenvalue weighted by Gasteiger charge is 2.13. The average Bonchev–Trinajstić information content (AvgIpc) is 2.47. The van der Waals surface area contributed by atoms with Crippen molar-refractivity contribution < 1.29 is 13.2 Å². The van der Waals surface area contributed by atoms with Gasteiger partial charge in [0, 0.05) is 3.57 Å². The van der Waals surface area contributed by atoms with E-state index in [1.807, 2.05) is 0 Å². The standard InChI is InChI=1S/C15H14INO3S/c1-11(12-3-7-14(20-2)8-4-12)17-21(18,19)15-9-5-13(16)6-10-15/h3-10H,1-2H3. The second kappa shape index (κ2) is 6.57. The Labute approximate surface area is 138 Å². The zero-order valence-corrected chi connectivity index (χ0v) is 14.6. The van der Waals surface area contributed by atoms with E-state index < -0.39 is 10.0 Å². The molecular weight excluding hydrogens is 401 g/mol. The molecule has 0 heterocycles. The summed E-state index contributed by atoms with van der Waals surface area (Å²) in [6.45, 7) is 1.67. The van der Waals surface area contributed by atoms with Gasteiger partial charge in [-0.1, -0.05) is 0 Å². The Morgan fingerprint density at radius 1 is 1.05 bits per heavy atom. The number of benzene rings is 2. The fraction of sp³-hybridized carbons (Fsp3) is 0.133. The smallest absolute Gasteiger partial charge is 0.282 e. The molecule has 4 nitrogen and oxygen atoms in total. The number of rotatable bonds is 4. The number of halogens is 1.